The lowest BCUT2D eigenvalue weighted by Crippen LogP contribution is -2.12. The largest absolute Gasteiger partial charge is 0.300 e. The van der Waals surface area contributed by atoms with Gasteiger partial charge in [-0.05, 0) is 43.9 Å². The summed E-state index contributed by atoms with van der Waals surface area (Å²) in [4.78, 5) is 11.5. The van der Waals surface area contributed by atoms with Crippen molar-refractivity contribution in [2.45, 2.75) is 33.6 Å². The number of hydrogen-bond donors (Lipinski definition) is 0. The van der Waals surface area contributed by atoms with Crippen molar-refractivity contribution >= 4 is 16.7 Å². The van der Waals surface area contributed by atoms with E-state index in [-0.39, 0.29) is 11.7 Å². The van der Waals surface area contributed by atoms with Crippen LogP contribution in [0, 0.1) is 12.8 Å². The predicted molar refractivity (Wildman–Crippen MR) is 73.6 cm³/mol. The number of fused-ring (bicyclic) bond motifs is 1. The van der Waals surface area contributed by atoms with Crippen molar-refractivity contribution < 1.29 is 4.79 Å². The van der Waals surface area contributed by atoms with Gasteiger partial charge in [0.1, 0.15) is 5.78 Å². The Hall–Kier alpha value is -1.64. The number of aryl methyl sites for hydroxylation is 2. The van der Waals surface area contributed by atoms with Gasteiger partial charge in [-0.15, -0.1) is 0 Å². The van der Waals surface area contributed by atoms with Crippen LogP contribution in [0.1, 0.15) is 31.4 Å². The molecule has 0 spiro atoms. The highest BCUT2D eigenvalue weighted by Gasteiger charge is 2.14. The number of nitrogens with zero attached hydrogens (tertiary/aromatic N) is 2. The fourth-order valence-electron chi connectivity index (χ4n) is 2.61. The lowest BCUT2D eigenvalue weighted by Gasteiger charge is -2.12. The van der Waals surface area contributed by atoms with Crippen LogP contribution in [0.15, 0.2) is 18.3 Å². The molecule has 2 rings (SSSR count). The van der Waals surface area contributed by atoms with Gasteiger partial charge in [0.2, 0.25) is 0 Å². The maximum Gasteiger partial charge on any atom is 0.133 e. The Kier molecular flexibility index (Phi) is 3.50. The first-order chi connectivity index (χ1) is 8.52. The zero-order valence-electron chi connectivity index (χ0n) is 11.5. The van der Waals surface area contributed by atoms with Gasteiger partial charge in [0.15, 0.2) is 0 Å². The van der Waals surface area contributed by atoms with E-state index >= 15 is 0 Å². The summed E-state index contributed by atoms with van der Waals surface area (Å²) < 4.78 is 1.90. The first-order valence-electron chi connectivity index (χ1n) is 6.44. The zero-order valence-corrected chi connectivity index (χ0v) is 11.5. The molecule has 1 heterocycles. The average Bonchev–Trinajstić information content (AvgIpc) is 2.68. The first kappa shape index (κ1) is 12.8. The third-order valence-electron chi connectivity index (χ3n) is 3.63. The van der Waals surface area contributed by atoms with Crippen LogP contribution in [-0.2, 0) is 18.3 Å². The highest BCUT2D eigenvalue weighted by atomic mass is 16.1. The summed E-state index contributed by atoms with van der Waals surface area (Å²) in [5.41, 5.74) is 3.63. The Labute approximate surface area is 108 Å². The molecule has 0 fully saturated rings. The Morgan fingerprint density at radius 3 is 2.78 bits per heavy atom. The normalized spacial score (nSPS) is 12.9. The van der Waals surface area contributed by atoms with Crippen LogP contribution in [0.2, 0.25) is 0 Å². The molecule has 0 aliphatic heterocycles. The second-order valence-corrected chi connectivity index (χ2v) is 5.04. The molecule has 18 heavy (non-hydrogen) atoms. The number of carbonyl (C=O) groups is 1. The number of aromatic nitrogens is 2. The topological polar surface area (TPSA) is 34.9 Å². The second-order valence-electron chi connectivity index (χ2n) is 5.04. The van der Waals surface area contributed by atoms with Crippen molar-refractivity contribution in [3.63, 3.8) is 0 Å². The van der Waals surface area contributed by atoms with Crippen molar-refractivity contribution in [1.29, 1.82) is 0 Å². The number of hydrogen-bond acceptors (Lipinski definition) is 2. The van der Waals surface area contributed by atoms with Gasteiger partial charge >= 0.3 is 0 Å². The minimum absolute atomic E-state index is 0.138. The highest BCUT2D eigenvalue weighted by Crippen LogP contribution is 2.22. The summed E-state index contributed by atoms with van der Waals surface area (Å²) >= 11 is 0. The molecular weight excluding hydrogens is 224 g/mol. The highest BCUT2D eigenvalue weighted by molar-refractivity contribution is 5.83. The number of benzene rings is 1. The van der Waals surface area contributed by atoms with Crippen LogP contribution in [0.4, 0.5) is 0 Å². The molecule has 0 saturated carbocycles. The van der Waals surface area contributed by atoms with Gasteiger partial charge in [-0.2, -0.15) is 5.10 Å². The minimum atomic E-state index is 0.138. The molecule has 0 amide bonds. The Balaban J connectivity index is 2.38. The summed E-state index contributed by atoms with van der Waals surface area (Å²) in [6, 6.07) is 4.33. The molecule has 96 valence electrons. The summed E-state index contributed by atoms with van der Waals surface area (Å²) in [5.74, 6) is 0.417. The van der Waals surface area contributed by atoms with Crippen molar-refractivity contribution in [1.82, 2.24) is 9.78 Å². The maximum absolute atomic E-state index is 11.5. The van der Waals surface area contributed by atoms with E-state index < -0.39 is 0 Å². The molecule has 0 radical (unpaired) electrons. The van der Waals surface area contributed by atoms with Crippen LogP contribution in [0.5, 0.6) is 0 Å². The predicted octanol–water partition coefficient (Wildman–Crippen LogP) is 3.04. The molecule has 1 aromatic heterocycles. The quantitative estimate of drug-likeness (QED) is 0.828. The average molecular weight is 244 g/mol. The van der Waals surface area contributed by atoms with Crippen LogP contribution in [0.3, 0.4) is 0 Å². The molecule has 1 aromatic carbocycles. The van der Waals surface area contributed by atoms with Crippen LogP contribution >= 0.6 is 0 Å². The summed E-state index contributed by atoms with van der Waals surface area (Å²) in [6.45, 7) is 5.85. The van der Waals surface area contributed by atoms with E-state index in [2.05, 4.69) is 31.1 Å². The van der Waals surface area contributed by atoms with E-state index in [0.717, 1.165) is 18.2 Å². The first-order valence-corrected chi connectivity index (χ1v) is 6.44. The van der Waals surface area contributed by atoms with Gasteiger partial charge in [-0.25, -0.2) is 0 Å². The van der Waals surface area contributed by atoms with Gasteiger partial charge in [0.05, 0.1) is 11.7 Å². The van der Waals surface area contributed by atoms with Crippen molar-refractivity contribution in [2.75, 3.05) is 0 Å². The number of carbonyl (C=O) groups excluding carboxylic acids is 1. The van der Waals surface area contributed by atoms with Crippen molar-refractivity contribution in [3.05, 3.63) is 29.5 Å². The molecule has 3 heteroatoms. The van der Waals surface area contributed by atoms with E-state index in [1.54, 1.807) is 6.92 Å². The number of ketones is 1. The standard InChI is InChI=1S/C15H20N2O/c1-5-13(11(3)18)7-12-6-10(2)15-14(8-12)9-16-17(15)4/h6,8-9,13H,5,7H2,1-4H3/t13-/m1/s1. The Morgan fingerprint density at radius 2 is 2.17 bits per heavy atom. The van der Waals surface area contributed by atoms with E-state index in [0.29, 0.717) is 0 Å². The molecule has 0 N–H and O–H groups in total. The molecule has 0 aliphatic carbocycles. The summed E-state index contributed by atoms with van der Waals surface area (Å²) in [6.07, 6.45) is 3.62. The van der Waals surface area contributed by atoms with Gasteiger partial charge in [-0.1, -0.05) is 13.0 Å². The molecule has 0 aliphatic rings. The number of Topliss-reactive ketones (excluding diaryl/α,β-unsaturated/α-hetero) is 1. The van der Waals surface area contributed by atoms with Crippen LogP contribution in [0.25, 0.3) is 10.9 Å². The molecule has 0 unspecified atom stereocenters. The third kappa shape index (κ3) is 2.30. The summed E-state index contributed by atoms with van der Waals surface area (Å²) in [5, 5.41) is 5.44. The SMILES string of the molecule is CC[C@H](Cc1cc(C)c2c(cnn2C)c1)C(C)=O. The van der Waals surface area contributed by atoms with Gasteiger partial charge < -0.3 is 0 Å². The van der Waals surface area contributed by atoms with Gasteiger partial charge in [-0.3, -0.25) is 9.48 Å². The van der Waals surface area contributed by atoms with E-state index in [4.69, 9.17) is 0 Å². The number of rotatable bonds is 4. The molecule has 0 saturated heterocycles. The van der Waals surface area contributed by atoms with E-state index in [9.17, 15) is 4.79 Å². The zero-order chi connectivity index (χ0) is 13.3. The lowest BCUT2D eigenvalue weighted by molar-refractivity contribution is -0.120. The summed E-state index contributed by atoms with van der Waals surface area (Å²) in [7, 11) is 1.96. The van der Waals surface area contributed by atoms with Crippen LogP contribution < -0.4 is 0 Å². The molecule has 0 bridgehead atoms. The van der Waals surface area contributed by atoms with E-state index in [1.807, 2.05) is 17.9 Å². The monoisotopic (exact) mass is 244 g/mol. The fraction of sp³-hybridized carbons (Fsp3) is 0.467. The van der Waals surface area contributed by atoms with Crippen molar-refractivity contribution in [2.24, 2.45) is 13.0 Å². The van der Waals surface area contributed by atoms with Gasteiger partial charge in [0, 0.05) is 18.4 Å². The smallest absolute Gasteiger partial charge is 0.133 e. The fourth-order valence-corrected chi connectivity index (χ4v) is 2.61. The van der Waals surface area contributed by atoms with Crippen molar-refractivity contribution in [3.8, 4) is 0 Å². The lowest BCUT2D eigenvalue weighted by atomic mass is 9.92. The second kappa shape index (κ2) is 4.92. The van der Waals surface area contributed by atoms with E-state index in [1.165, 1.54) is 16.6 Å². The third-order valence-corrected chi connectivity index (χ3v) is 3.63. The molecule has 3 nitrogen and oxygen atoms in total. The molecular formula is C15H20N2O. The van der Waals surface area contributed by atoms with Gasteiger partial charge in [0.25, 0.3) is 0 Å². The molecule has 1 atom stereocenters. The Bertz CT molecular complexity index is 583. The minimum Gasteiger partial charge on any atom is -0.300 e. The Morgan fingerprint density at radius 1 is 1.44 bits per heavy atom. The van der Waals surface area contributed by atoms with Crippen LogP contribution in [-0.4, -0.2) is 15.6 Å². The molecule has 2 aromatic rings. The maximum atomic E-state index is 11.5.